The van der Waals surface area contributed by atoms with Crippen molar-refractivity contribution in [1.29, 1.82) is 0 Å². The van der Waals surface area contributed by atoms with Gasteiger partial charge in [-0.3, -0.25) is 4.79 Å². The van der Waals surface area contributed by atoms with Crippen LogP contribution < -0.4 is 10.0 Å². The van der Waals surface area contributed by atoms with E-state index in [4.69, 9.17) is 0 Å². The molecular weight excluding hydrogens is 386 g/mol. The highest BCUT2D eigenvalue weighted by Gasteiger charge is 2.27. The summed E-state index contributed by atoms with van der Waals surface area (Å²) in [5, 5.41) is 3.00. The number of rotatable bonds is 11. The van der Waals surface area contributed by atoms with Gasteiger partial charge in [0.1, 0.15) is 0 Å². The van der Waals surface area contributed by atoms with Crippen LogP contribution in [0.3, 0.4) is 0 Å². The standard InChI is InChI=1S/C22H35N3O3S/c1-18-5-4-16-25(17-18)15-3-2-14-23-22(26)13-8-19-6-11-21(12-7-19)29(27,28)24-20-9-10-20/h6-7,11-12,18,20,24H,2-5,8-10,13-17H2,1H3,(H,23,26). The number of likely N-dealkylation sites (tertiary alicyclic amines) is 1. The van der Waals surface area contributed by atoms with Gasteiger partial charge in [0, 0.05) is 25.6 Å². The number of hydrogen-bond donors (Lipinski definition) is 2. The van der Waals surface area contributed by atoms with Crippen LogP contribution in [0.4, 0.5) is 0 Å². The highest BCUT2D eigenvalue weighted by atomic mass is 32.2. The maximum absolute atomic E-state index is 12.2. The van der Waals surface area contributed by atoms with Gasteiger partial charge in [0.2, 0.25) is 15.9 Å². The maximum Gasteiger partial charge on any atom is 0.240 e. The van der Waals surface area contributed by atoms with Crippen molar-refractivity contribution < 1.29 is 13.2 Å². The van der Waals surface area contributed by atoms with E-state index in [1.807, 2.05) is 0 Å². The maximum atomic E-state index is 12.2. The average Bonchev–Trinajstić information content (AvgIpc) is 3.50. The van der Waals surface area contributed by atoms with E-state index in [9.17, 15) is 13.2 Å². The number of carbonyl (C=O) groups excluding carboxylic acids is 1. The summed E-state index contributed by atoms with van der Waals surface area (Å²) in [6, 6.07) is 6.95. The molecular formula is C22H35N3O3S. The molecule has 1 aromatic rings. The fourth-order valence-electron chi connectivity index (χ4n) is 3.85. The molecule has 2 aliphatic rings. The van der Waals surface area contributed by atoms with Crippen molar-refractivity contribution in [3.8, 4) is 0 Å². The first-order valence-corrected chi connectivity index (χ1v) is 12.5. The van der Waals surface area contributed by atoms with E-state index in [0.717, 1.165) is 50.3 Å². The molecule has 1 saturated carbocycles. The molecule has 1 aliphatic heterocycles. The predicted octanol–water partition coefficient (Wildman–Crippen LogP) is 2.69. The largest absolute Gasteiger partial charge is 0.356 e. The van der Waals surface area contributed by atoms with Gasteiger partial charge in [-0.15, -0.1) is 0 Å². The lowest BCUT2D eigenvalue weighted by molar-refractivity contribution is -0.121. The second kappa shape index (κ2) is 10.5. The van der Waals surface area contributed by atoms with Crippen molar-refractivity contribution in [2.24, 2.45) is 5.92 Å². The van der Waals surface area contributed by atoms with Crippen LogP contribution in [0.2, 0.25) is 0 Å². The van der Waals surface area contributed by atoms with Gasteiger partial charge in [-0.25, -0.2) is 13.1 Å². The number of piperidine rings is 1. The number of aryl methyl sites for hydroxylation is 1. The number of nitrogens with zero attached hydrogens (tertiary/aromatic N) is 1. The van der Waals surface area contributed by atoms with Crippen LogP contribution in [-0.2, 0) is 21.2 Å². The Kier molecular flexibility index (Phi) is 8.09. The molecule has 29 heavy (non-hydrogen) atoms. The van der Waals surface area contributed by atoms with E-state index in [2.05, 4.69) is 21.9 Å². The van der Waals surface area contributed by atoms with Gasteiger partial charge >= 0.3 is 0 Å². The molecule has 0 bridgehead atoms. The molecule has 0 spiro atoms. The molecule has 1 unspecified atom stereocenters. The minimum absolute atomic E-state index is 0.0590. The Morgan fingerprint density at radius 2 is 1.90 bits per heavy atom. The predicted molar refractivity (Wildman–Crippen MR) is 115 cm³/mol. The molecule has 1 heterocycles. The number of amides is 1. The Hall–Kier alpha value is -1.44. The molecule has 1 aliphatic carbocycles. The van der Waals surface area contributed by atoms with Crippen molar-refractivity contribution >= 4 is 15.9 Å². The highest BCUT2D eigenvalue weighted by molar-refractivity contribution is 7.89. The fourth-order valence-corrected chi connectivity index (χ4v) is 5.15. The number of benzene rings is 1. The Labute approximate surface area is 175 Å². The quantitative estimate of drug-likeness (QED) is 0.539. The molecule has 2 N–H and O–H groups in total. The number of unbranched alkanes of at least 4 members (excludes halogenated alkanes) is 1. The summed E-state index contributed by atoms with van der Waals surface area (Å²) in [6.45, 7) is 6.61. The molecule has 3 rings (SSSR count). The summed E-state index contributed by atoms with van der Waals surface area (Å²) in [5.41, 5.74) is 0.977. The van der Waals surface area contributed by atoms with Gasteiger partial charge in [-0.05, 0) is 81.6 Å². The zero-order chi connectivity index (χ0) is 20.7. The number of hydrogen-bond acceptors (Lipinski definition) is 4. The van der Waals surface area contributed by atoms with Gasteiger partial charge in [-0.2, -0.15) is 0 Å². The smallest absolute Gasteiger partial charge is 0.240 e. The minimum atomic E-state index is -3.41. The lowest BCUT2D eigenvalue weighted by atomic mass is 10.0. The van der Waals surface area contributed by atoms with Crippen molar-refractivity contribution in [2.75, 3.05) is 26.2 Å². The molecule has 6 nitrogen and oxygen atoms in total. The van der Waals surface area contributed by atoms with Crippen LogP contribution in [0, 0.1) is 5.92 Å². The molecule has 2 fully saturated rings. The van der Waals surface area contributed by atoms with Gasteiger partial charge in [-0.1, -0.05) is 19.1 Å². The van der Waals surface area contributed by atoms with Gasteiger partial charge in [0.15, 0.2) is 0 Å². The molecule has 1 amide bonds. The molecule has 1 aromatic carbocycles. The molecule has 1 atom stereocenters. The number of nitrogens with one attached hydrogen (secondary N) is 2. The molecule has 0 radical (unpaired) electrons. The Morgan fingerprint density at radius 3 is 2.59 bits per heavy atom. The van der Waals surface area contributed by atoms with Gasteiger partial charge in [0.25, 0.3) is 0 Å². The summed E-state index contributed by atoms with van der Waals surface area (Å²) in [5.74, 6) is 0.871. The van der Waals surface area contributed by atoms with E-state index in [1.165, 1.54) is 25.9 Å². The number of sulfonamides is 1. The topological polar surface area (TPSA) is 78.5 Å². The van der Waals surface area contributed by atoms with Crippen LogP contribution in [0.15, 0.2) is 29.2 Å². The van der Waals surface area contributed by atoms with Crippen LogP contribution in [0.1, 0.15) is 57.4 Å². The Morgan fingerprint density at radius 1 is 1.14 bits per heavy atom. The van der Waals surface area contributed by atoms with E-state index in [1.54, 1.807) is 24.3 Å². The summed E-state index contributed by atoms with van der Waals surface area (Å²) >= 11 is 0. The number of carbonyl (C=O) groups is 1. The van der Waals surface area contributed by atoms with Gasteiger partial charge < -0.3 is 10.2 Å². The van der Waals surface area contributed by atoms with Crippen LogP contribution in [0.25, 0.3) is 0 Å². The van der Waals surface area contributed by atoms with E-state index in [0.29, 0.717) is 17.7 Å². The summed E-state index contributed by atoms with van der Waals surface area (Å²) in [4.78, 5) is 14.9. The minimum Gasteiger partial charge on any atom is -0.356 e. The third kappa shape index (κ3) is 7.72. The molecule has 1 saturated heterocycles. The molecule has 7 heteroatoms. The third-order valence-corrected chi connectivity index (χ3v) is 7.27. The average molecular weight is 422 g/mol. The van der Waals surface area contributed by atoms with Crippen molar-refractivity contribution in [2.45, 2.75) is 69.2 Å². The summed E-state index contributed by atoms with van der Waals surface area (Å²) in [7, 11) is -3.41. The van der Waals surface area contributed by atoms with Crippen LogP contribution >= 0.6 is 0 Å². The van der Waals surface area contributed by atoms with Crippen molar-refractivity contribution in [1.82, 2.24) is 14.9 Å². The second-order valence-corrected chi connectivity index (χ2v) is 10.4. The van der Waals surface area contributed by atoms with Crippen LogP contribution in [-0.4, -0.2) is 51.4 Å². The van der Waals surface area contributed by atoms with Gasteiger partial charge in [0.05, 0.1) is 4.90 Å². The van der Waals surface area contributed by atoms with Crippen molar-refractivity contribution in [3.63, 3.8) is 0 Å². The SMILES string of the molecule is CC1CCCN(CCCCNC(=O)CCc2ccc(S(=O)(=O)NC3CC3)cc2)C1. The summed E-state index contributed by atoms with van der Waals surface area (Å²) < 4.78 is 27.0. The lowest BCUT2D eigenvalue weighted by Gasteiger charge is -2.30. The fraction of sp³-hybridized carbons (Fsp3) is 0.682. The third-order valence-electron chi connectivity index (χ3n) is 5.74. The summed E-state index contributed by atoms with van der Waals surface area (Å²) in [6.07, 6.45) is 7.68. The van der Waals surface area contributed by atoms with Crippen LogP contribution in [0.5, 0.6) is 0 Å². The van der Waals surface area contributed by atoms with E-state index >= 15 is 0 Å². The lowest BCUT2D eigenvalue weighted by Crippen LogP contribution is -2.35. The highest BCUT2D eigenvalue weighted by Crippen LogP contribution is 2.22. The van der Waals surface area contributed by atoms with E-state index < -0.39 is 10.0 Å². The first-order valence-electron chi connectivity index (χ1n) is 11.0. The second-order valence-electron chi connectivity index (χ2n) is 8.64. The molecule has 0 aromatic heterocycles. The Bertz CT molecular complexity index is 760. The van der Waals surface area contributed by atoms with E-state index in [-0.39, 0.29) is 11.9 Å². The zero-order valence-electron chi connectivity index (χ0n) is 17.5. The van der Waals surface area contributed by atoms with Crippen molar-refractivity contribution in [3.05, 3.63) is 29.8 Å². The Balaban J connectivity index is 1.29. The first kappa shape index (κ1) is 22.2. The molecule has 162 valence electrons. The first-order chi connectivity index (χ1) is 13.9. The normalized spacial score (nSPS) is 20.5. The zero-order valence-corrected chi connectivity index (χ0v) is 18.3. The monoisotopic (exact) mass is 421 g/mol.